The van der Waals surface area contributed by atoms with Crippen molar-refractivity contribution < 1.29 is 18.3 Å². The molecule has 33 heavy (non-hydrogen) atoms. The van der Waals surface area contributed by atoms with Gasteiger partial charge in [-0.25, -0.2) is 13.1 Å². The first-order valence-corrected chi connectivity index (χ1v) is 12.8. The van der Waals surface area contributed by atoms with Crippen molar-refractivity contribution in [1.82, 2.24) is 14.5 Å². The van der Waals surface area contributed by atoms with E-state index in [2.05, 4.69) is 14.5 Å². The smallest absolute Gasteiger partial charge is 0.240 e. The molecule has 7 nitrogen and oxygen atoms in total. The van der Waals surface area contributed by atoms with Crippen LogP contribution < -0.4 is 9.46 Å². The molecule has 2 aliphatic heterocycles. The molecule has 0 aliphatic carbocycles. The van der Waals surface area contributed by atoms with E-state index in [9.17, 15) is 13.5 Å². The van der Waals surface area contributed by atoms with E-state index in [1.165, 1.54) is 37.8 Å². The van der Waals surface area contributed by atoms with Gasteiger partial charge in [0.25, 0.3) is 0 Å². The molecule has 2 aromatic rings. The third kappa shape index (κ3) is 6.61. The summed E-state index contributed by atoms with van der Waals surface area (Å²) in [5.41, 5.74) is 2.62. The quantitative estimate of drug-likeness (QED) is 0.554. The lowest BCUT2D eigenvalue weighted by molar-refractivity contribution is 0.312. The molecule has 0 saturated carbocycles. The molecule has 0 spiro atoms. The maximum Gasteiger partial charge on any atom is 0.240 e. The zero-order valence-corrected chi connectivity index (χ0v) is 20.8. The Kier molecular flexibility index (Phi) is 9.01. The number of hydrogen-bond acceptors (Lipinski definition) is 6. The number of aromatic hydroxyl groups is 1. The van der Waals surface area contributed by atoms with Crippen molar-refractivity contribution in [1.29, 1.82) is 0 Å². The summed E-state index contributed by atoms with van der Waals surface area (Å²) in [6, 6.07) is 10.2. The van der Waals surface area contributed by atoms with Gasteiger partial charge in [-0.3, -0.25) is 9.80 Å². The van der Waals surface area contributed by atoms with Crippen molar-refractivity contribution in [2.75, 3.05) is 33.3 Å². The molecular formula is C24H34ClN3O4S. The van der Waals surface area contributed by atoms with Crippen molar-refractivity contribution in [2.24, 2.45) is 0 Å². The van der Waals surface area contributed by atoms with E-state index in [0.717, 1.165) is 42.9 Å². The first-order chi connectivity index (χ1) is 15.4. The lowest BCUT2D eigenvalue weighted by Gasteiger charge is -2.21. The van der Waals surface area contributed by atoms with Crippen LogP contribution in [0.4, 0.5) is 0 Å². The molecule has 2 heterocycles. The summed E-state index contributed by atoms with van der Waals surface area (Å²) >= 11 is 0. The van der Waals surface area contributed by atoms with E-state index in [1.54, 1.807) is 19.2 Å². The highest BCUT2D eigenvalue weighted by Gasteiger charge is 2.20. The number of likely N-dealkylation sites (tertiary alicyclic amines) is 2. The Morgan fingerprint density at radius 3 is 1.85 bits per heavy atom. The normalized spacial score (nSPS) is 17.2. The number of hydrogen-bond donors (Lipinski definition) is 2. The van der Waals surface area contributed by atoms with Gasteiger partial charge in [-0.15, -0.1) is 12.4 Å². The van der Waals surface area contributed by atoms with Crippen molar-refractivity contribution in [3.05, 3.63) is 53.1 Å². The second-order valence-corrected chi connectivity index (χ2v) is 10.5. The Labute approximate surface area is 203 Å². The number of sulfonamides is 1. The number of phenolic OH excluding ortho intramolecular Hbond substituents is 1. The second kappa shape index (κ2) is 11.5. The molecular weight excluding hydrogens is 462 g/mol. The minimum absolute atomic E-state index is 0. The van der Waals surface area contributed by atoms with Crippen molar-refractivity contribution in [2.45, 2.75) is 50.2 Å². The highest BCUT2D eigenvalue weighted by atomic mass is 35.5. The summed E-state index contributed by atoms with van der Waals surface area (Å²) < 4.78 is 33.4. The van der Waals surface area contributed by atoms with Gasteiger partial charge in [0.1, 0.15) is 11.5 Å². The monoisotopic (exact) mass is 495 g/mol. The lowest BCUT2D eigenvalue weighted by Crippen LogP contribution is -2.24. The van der Waals surface area contributed by atoms with Crippen LogP contribution in [0.25, 0.3) is 0 Å². The van der Waals surface area contributed by atoms with Gasteiger partial charge in [-0.1, -0.05) is 0 Å². The van der Waals surface area contributed by atoms with Crippen LogP contribution in [0.1, 0.15) is 42.4 Å². The third-order valence-electron chi connectivity index (χ3n) is 6.35. The number of methoxy groups -OCH3 is 1. The van der Waals surface area contributed by atoms with Gasteiger partial charge < -0.3 is 9.84 Å². The van der Waals surface area contributed by atoms with Gasteiger partial charge >= 0.3 is 0 Å². The average molecular weight is 496 g/mol. The highest BCUT2D eigenvalue weighted by molar-refractivity contribution is 7.89. The van der Waals surface area contributed by atoms with Crippen LogP contribution in [0.2, 0.25) is 0 Å². The maximum atomic E-state index is 12.8. The molecule has 0 radical (unpaired) electrons. The standard InChI is InChI=1S/C24H33N3O4S.ClH/c1-31-22-6-8-23(9-7-22)32(29,30)25-16-19-14-20(17-26-10-2-3-11-26)24(28)21(15-19)18-27-12-4-5-13-27;/h6-9,14-15,25,28H,2-5,10-13,16-18H2,1H3;1H. The molecule has 0 bridgehead atoms. The van der Waals surface area contributed by atoms with Gasteiger partial charge in [-0.2, -0.15) is 0 Å². The molecule has 182 valence electrons. The fourth-order valence-corrected chi connectivity index (χ4v) is 5.57. The largest absolute Gasteiger partial charge is 0.507 e. The molecule has 0 atom stereocenters. The first-order valence-electron chi connectivity index (χ1n) is 11.4. The molecule has 9 heteroatoms. The zero-order chi connectivity index (χ0) is 22.6. The minimum Gasteiger partial charge on any atom is -0.507 e. The molecule has 2 saturated heterocycles. The molecule has 0 amide bonds. The van der Waals surface area contributed by atoms with E-state index in [4.69, 9.17) is 4.74 Å². The van der Waals surface area contributed by atoms with Crippen LogP contribution in [0.3, 0.4) is 0 Å². The number of nitrogens with one attached hydrogen (secondary N) is 1. The van der Waals surface area contributed by atoms with Crippen molar-refractivity contribution >= 4 is 22.4 Å². The van der Waals surface area contributed by atoms with Gasteiger partial charge in [0.05, 0.1) is 12.0 Å². The molecule has 2 N–H and O–H groups in total. The van der Waals surface area contributed by atoms with Gasteiger partial charge in [0, 0.05) is 30.8 Å². The van der Waals surface area contributed by atoms with Gasteiger partial charge in [0.2, 0.25) is 10.0 Å². The Balaban J connectivity index is 0.00000306. The summed E-state index contributed by atoms with van der Waals surface area (Å²) in [5, 5.41) is 11.0. The van der Waals surface area contributed by atoms with E-state index in [1.807, 2.05) is 12.1 Å². The Morgan fingerprint density at radius 1 is 0.909 bits per heavy atom. The molecule has 0 unspecified atom stereocenters. The number of rotatable bonds is 9. The fraction of sp³-hybridized carbons (Fsp3) is 0.500. The van der Waals surface area contributed by atoms with Crippen molar-refractivity contribution in [3.8, 4) is 11.5 Å². The second-order valence-electron chi connectivity index (χ2n) is 8.73. The topological polar surface area (TPSA) is 82.1 Å². The predicted octanol–water partition coefficient (Wildman–Crippen LogP) is 3.49. The maximum absolute atomic E-state index is 12.8. The number of benzene rings is 2. The van der Waals surface area contributed by atoms with Crippen molar-refractivity contribution in [3.63, 3.8) is 0 Å². The van der Waals surface area contributed by atoms with E-state index in [-0.39, 0.29) is 23.8 Å². The Bertz CT molecular complexity index is 980. The summed E-state index contributed by atoms with van der Waals surface area (Å²) in [6.45, 7) is 5.71. The molecule has 2 aliphatic rings. The Morgan fingerprint density at radius 2 is 1.39 bits per heavy atom. The predicted molar refractivity (Wildman–Crippen MR) is 131 cm³/mol. The van der Waals surface area contributed by atoms with Crippen LogP contribution in [0.15, 0.2) is 41.3 Å². The minimum atomic E-state index is -3.65. The number of nitrogens with zero attached hydrogens (tertiary/aromatic N) is 2. The molecule has 2 aromatic carbocycles. The molecule has 2 fully saturated rings. The number of ether oxygens (including phenoxy) is 1. The number of halogens is 1. The van der Waals surface area contributed by atoms with Crippen LogP contribution in [0.5, 0.6) is 11.5 Å². The lowest BCUT2D eigenvalue weighted by atomic mass is 10.0. The van der Waals surface area contributed by atoms with Crippen LogP contribution in [-0.4, -0.2) is 56.6 Å². The summed E-state index contributed by atoms with van der Waals surface area (Å²) in [4.78, 5) is 4.90. The van der Waals surface area contributed by atoms with Crippen LogP contribution in [-0.2, 0) is 29.7 Å². The van der Waals surface area contributed by atoms with Crippen LogP contribution in [0, 0.1) is 0 Å². The molecule has 0 aromatic heterocycles. The van der Waals surface area contributed by atoms with E-state index < -0.39 is 10.0 Å². The zero-order valence-electron chi connectivity index (χ0n) is 19.1. The van der Waals surface area contributed by atoms with E-state index >= 15 is 0 Å². The fourth-order valence-electron chi connectivity index (χ4n) is 4.56. The summed E-state index contributed by atoms with van der Waals surface area (Å²) in [6.07, 6.45) is 4.73. The highest BCUT2D eigenvalue weighted by Crippen LogP contribution is 2.29. The van der Waals surface area contributed by atoms with Gasteiger partial charge in [0.15, 0.2) is 0 Å². The summed E-state index contributed by atoms with van der Waals surface area (Å²) in [5.74, 6) is 0.964. The van der Waals surface area contributed by atoms with E-state index in [0.29, 0.717) is 24.6 Å². The SMILES string of the molecule is COc1ccc(S(=O)(=O)NCc2cc(CN3CCCC3)c(O)c(CN3CCCC3)c2)cc1.Cl. The van der Waals surface area contributed by atoms with Gasteiger partial charge in [-0.05, 0) is 93.8 Å². The Hall–Kier alpha value is -1.84. The van der Waals surface area contributed by atoms with Crippen LogP contribution >= 0.6 is 12.4 Å². The average Bonchev–Trinajstić information content (AvgIpc) is 3.50. The molecule has 4 rings (SSSR count). The number of phenols is 1. The third-order valence-corrected chi connectivity index (χ3v) is 7.77. The summed E-state index contributed by atoms with van der Waals surface area (Å²) in [7, 11) is -2.11. The first kappa shape index (κ1) is 25.8.